The van der Waals surface area contributed by atoms with Crippen LogP contribution in [0.3, 0.4) is 0 Å². The van der Waals surface area contributed by atoms with Gasteiger partial charge in [-0.2, -0.15) is 0 Å². The van der Waals surface area contributed by atoms with Gasteiger partial charge in [0.1, 0.15) is 0 Å². The van der Waals surface area contributed by atoms with Crippen LogP contribution in [0, 0.1) is 0 Å². The molecule has 0 unspecified atom stereocenters. The Bertz CT molecular complexity index is 212. The van der Waals surface area contributed by atoms with Gasteiger partial charge in [0.05, 0.1) is 0 Å². The van der Waals surface area contributed by atoms with E-state index in [0.717, 1.165) is 0 Å². The van der Waals surface area contributed by atoms with E-state index in [1.807, 2.05) is 11.3 Å². The Hall–Kier alpha value is -0.355. The van der Waals surface area contributed by atoms with Crippen LogP contribution in [0.25, 0.3) is 0 Å². The van der Waals surface area contributed by atoms with Crippen LogP contribution >= 0.6 is 11.3 Å². The minimum absolute atomic E-state index is 1.29. The average molecular weight is 230 g/mol. The first-order chi connectivity index (χ1) is 7.16. The Morgan fingerprint density at radius 3 is 2.33 bits per heavy atom. The van der Waals surface area contributed by atoms with Crippen LogP contribution in [0.4, 0.5) is 0 Å². The van der Waals surface area contributed by atoms with Crippen LogP contribution in [0.1, 0.15) is 37.5 Å². The third-order valence-corrected chi connectivity index (χ3v) is 2.79. The van der Waals surface area contributed by atoms with Crippen molar-refractivity contribution in [2.45, 2.75) is 39.0 Å². The van der Waals surface area contributed by atoms with Crippen molar-refractivity contribution in [3.63, 3.8) is 0 Å². The predicted molar refractivity (Wildman–Crippen MR) is 64.6 cm³/mol. The maximum Gasteiger partial charge on any atom is 0.631 e. The molecule has 5 heteroatoms. The van der Waals surface area contributed by atoms with Gasteiger partial charge in [0.25, 0.3) is 0 Å². The smallest absolute Gasteiger partial charge is 0.402 e. The monoisotopic (exact) mass is 230 g/mol. The zero-order valence-corrected chi connectivity index (χ0v) is 9.91. The van der Waals surface area contributed by atoms with Gasteiger partial charge in [-0.15, -0.1) is 11.3 Å². The Balaban J connectivity index is 0.000000423. The highest BCUT2D eigenvalue weighted by atomic mass is 32.1. The molecule has 0 saturated carbocycles. The number of unbranched alkanes of at least 4 members (excludes halogenated alkanes) is 3. The topological polar surface area (TPSA) is 60.7 Å². The van der Waals surface area contributed by atoms with E-state index in [-0.39, 0.29) is 0 Å². The van der Waals surface area contributed by atoms with Crippen molar-refractivity contribution in [3.8, 4) is 0 Å². The summed E-state index contributed by atoms with van der Waals surface area (Å²) in [7, 11) is -2.17. The zero-order valence-electron chi connectivity index (χ0n) is 9.09. The Labute approximate surface area is 95.6 Å². The van der Waals surface area contributed by atoms with Crippen molar-refractivity contribution in [1.29, 1.82) is 0 Å². The van der Waals surface area contributed by atoms with Gasteiger partial charge in [0.15, 0.2) is 0 Å². The average Bonchev–Trinajstić information content (AvgIpc) is 2.64. The second-order valence-corrected chi connectivity index (χ2v) is 4.27. The fraction of sp³-hybridized carbons (Fsp3) is 0.600. The molecule has 3 N–H and O–H groups in total. The summed E-state index contributed by atoms with van der Waals surface area (Å²) in [6.45, 7) is 2.26. The summed E-state index contributed by atoms with van der Waals surface area (Å²) in [5, 5.41) is 23.7. The maximum absolute atomic E-state index is 7.17. The normalized spacial score (nSPS) is 9.33. The molecule has 0 aliphatic carbocycles. The van der Waals surface area contributed by atoms with Crippen LogP contribution in [-0.2, 0) is 6.42 Å². The molecule has 0 spiro atoms. The van der Waals surface area contributed by atoms with Gasteiger partial charge < -0.3 is 15.1 Å². The highest BCUT2D eigenvalue weighted by Gasteiger charge is 1.93. The molecule has 0 aliphatic heterocycles. The van der Waals surface area contributed by atoms with Gasteiger partial charge in [-0.3, -0.25) is 0 Å². The number of rotatable bonds is 5. The fourth-order valence-electron chi connectivity index (χ4n) is 1.18. The van der Waals surface area contributed by atoms with Crippen molar-refractivity contribution in [1.82, 2.24) is 0 Å². The molecule has 15 heavy (non-hydrogen) atoms. The molecule has 0 fully saturated rings. The lowest BCUT2D eigenvalue weighted by Crippen LogP contribution is -2.07. The maximum atomic E-state index is 7.17. The van der Waals surface area contributed by atoms with Crippen molar-refractivity contribution < 1.29 is 15.1 Å². The van der Waals surface area contributed by atoms with Crippen molar-refractivity contribution in [2.24, 2.45) is 0 Å². The number of aryl methyl sites for hydroxylation is 1. The number of thiophene rings is 1. The Morgan fingerprint density at radius 2 is 1.87 bits per heavy atom. The van der Waals surface area contributed by atoms with Crippen LogP contribution in [0.15, 0.2) is 17.5 Å². The van der Waals surface area contributed by atoms with E-state index in [1.165, 1.54) is 32.1 Å². The quantitative estimate of drug-likeness (QED) is 0.534. The van der Waals surface area contributed by atoms with E-state index in [0.29, 0.717) is 0 Å². The molecule has 0 amide bonds. The van der Waals surface area contributed by atoms with Crippen LogP contribution < -0.4 is 0 Å². The minimum Gasteiger partial charge on any atom is -0.402 e. The molecule has 1 aromatic rings. The zero-order chi connectivity index (χ0) is 11.5. The summed E-state index contributed by atoms with van der Waals surface area (Å²) < 4.78 is 0. The third kappa shape index (κ3) is 11.6. The van der Waals surface area contributed by atoms with Crippen molar-refractivity contribution in [3.05, 3.63) is 22.4 Å². The van der Waals surface area contributed by atoms with Gasteiger partial charge in [-0.05, 0) is 24.3 Å². The SMILES string of the molecule is CCCCCCc1cccs1.OB(O)O. The van der Waals surface area contributed by atoms with Gasteiger partial charge in [-0.25, -0.2) is 0 Å². The van der Waals surface area contributed by atoms with Crippen LogP contribution in [0.2, 0.25) is 0 Å². The largest absolute Gasteiger partial charge is 0.631 e. The first-order valence-corrected chi connectivity index (χ1v) is 6.11. The fourth-order valence-corrected chi connectivity index (χ4v) is 1.93. The standard InChI is InChI=1S/C10H16S.BH3O3/c1-2-3-4-5-7-10-8-6-9-11-10;2-1(3)4/h6,8-9H,2-5,7H2,1H3;2-4H. The van der Waals surface area contributed by atoms with Crippen molar-refractivity contribution >= 4 is 18.7 Å². The Morgan fingerprint density at radius 1 is 1.20 bits per heavy atom. The van der Waals surface area contributed by atoms with E-state index in [1.54, 1.807) is 4.88 Å². The first-order valence-electron chi connectivity index (χ1n) is 5.23. The summed E-state index contributed by atoms with van der Waals surface area (Å²) in [5.41, 5.74) is 0. The van der Waals surface area contributed by atoms with E-state index in [4.69, 9.17) is 15.1 Å². The lowest BCUT2D eigenvalue weighted by Gasteiger charge is -1.95. The highest BCUT2D eigenvalue weighted by molar-refractivity contribution is 7.09. The van der Waals surface area contributed by atoms with Crippen LogP contribution in [-0.4, -0.2) is 22.4 Å². The van der Waals surface area contributed by atoms with Crippen molar-refractivity contribution in [2.75, 3.05) is 0 Å². The molecular formula is C10H19BO3S. The first kappa shape index (κ1) is 14.6. The molecule has 0 bridgehead atoms. The number of hydrogen-bond donors (Lipinski definition) is 3. The van der Waals surface area contributed by atoms with Gasteiger partial charge in [0.2, 0.25) is 0 Å². The molecule has 0 atom stereocenters. The van der Waals surface area contributed by atoms with E-state index in [2.05, 4.69) is 24.4 Å². The van der Waals surface area contributed by atoms with Crippen LogP contribution in [0.5, 0.6) is 0 Å². The number of hydrogen-bond acceptors (Lipinski definition) is 4. The molecular weight excluding hydrogens is 211 g/mol. The molecule has 0 aromatic carbocycles. The molecule has 1 aromatic heterocycles. The Kier molecular flexibility index (Phi) is 9.93. The second-order valence-electron chi connectivity index (χ2n) is 3.24. The van der Waals surface area contributed by atoms with Gasteiger partial charge >= 0.3 is 7.32 Å². The summed E-state index contributed by atoms with van der Waals surface area (Å²) in [6, 6.07) is 4.37. The third-order valence-electron chi connectivity index (χ3n) is 1.86. The molecule has 1 rings (SSSR count). The molecule has 0 aliphatic rings. The molecule has 3 nitrogen and oxygen atoms in total. The van der Waals surface area contributed by atoms with E-state index < -0.39 is 7.32 Å². The second kappa shape index (κ2) is 10.2. The molecule has 86 valence electrons. The van der Waals surface area contributed by atoms with E-state index >= 15 is 0 Å². The summed E-state index contributed by atoms with van der Waals surface area (Å²) >= 11 is 1.88. The summed E-state index contributed by atoms with van der Waals surface area (Å²) in [4.78, 5) is 1.54. The van der Waals surface area contributed by atoms with Gasteiger partial charge in [-0.1, -0.05) is 32.3 Å². The summed E-state index contributed by atoms with van der Waals surface area (Å²) in [6.07, 6.45) is 6.79. The van der Waals surface area contributed by atoms with Gasteiger partial charge in [0, 0.05) is 4.88 Å². The predicted octanol–water partition coefficient (Wildman–Crippen LogP) is 1.82. The summed E-state index contributed by atoms with van der Waals surface area (Å²) in [5.74, 6) is 0. The highest BCUT2D eigenvalue weighted by Crippen LogP contribution is 2.12. The molecule has 0 radical (unpaired) electrons. The van der Waals surface area contributed by atoms with E-state index in [9.17, 15) is 0 Å². The minimum atomic E-state index is -2.17. The molecule has 0 saturated heterocycles. The lowest BCUT2D eigenvalue weighted by atomic mass is 10.1. The lowest BCUT2D eigenvalue weighted by molar-refractivity contribution is 0.278. The molecule has 1 heterocycles.